The summed E-state index contributed by atoms with van der Waals surface area (Å²) in [6.07, 6.45) is 2.71. The van der Waals surface area contributed by atoms with Gasteiger partial charge in [-0.2, -0.15) is 4.31 Å². The van der Waals surface area contributed by atoms with Crippen molar-refractivity contribution in [2.75, 3.05) is 13.1 Å². The van der Waals surface area contributed by atoms with E-state index in [9.17, 15) is 8.42 Å². The third-order valence-corrected chi connectivity index (χ3v) is 5.75. The van der Waals surface area contributed by atoms with Crippen molar-refractivity contribution < 1.29 is 8.42 Å². The summed E-state index contributed by atoms with van der Waals surface area (Å²) in [4.78, 5) is 0.167. The fraction of sp³-hybridized carbons (Fsp3) is 0.333. The Morgan fingerprint density at radius 2 is 2.11 bits per heavy atom. The molecule has 0 N–H and O–H groups in total. The molecule has 3 nitrogen and oxygen atoms in total. The summed E-state index contributed by atoms with van der Waals surface area (Å²) in [6.45, 7) is 2.94. The van der Waals surface area contributed by atoms with Gasteiger partial charge in [0.15, 0.2) is 0 Å². The summed E-state index contributed by atoms with van der Waals surface area (Å²) in [5.74, 6) is 0. The Balaban J connectivity index is 2.37. The van der Waals surface area contributed by atoms with Crippen molar-refractivity contribution in [3.63, 3.8) is 0 Å². The summed E-state index contributed by atoms with van der Waals surface area (Å²) >= 11 is 9.28. The van der Waals surface area contributed by atoms with E-state index in [1.807, 2.05) is 13.0 Å². The number of benzene rings is 1. The average molecular weight is 351 g/mol. The van der Waals surface area contributed by atoms with Crippen molar-refractivity contribution >= 4 is 37.6 Å². The van der Waals surface area contributed by atoms with E-state index >= 15 is 0 Å². The minimum absolute atomic E-state index is 0.167. The van der Waals surface area contributed by atoms with Crippen LogP contribution < -0.4 is 0 Å². The molecular weight excluding hydrogens is 338 g/mol. The van der Waals surface area contributed by atoms with Crippen LogP contribution in [0.15, 0.2) is 39.2 Å². The number of halogens is 2. The number of hydrogen-bond donors (Lipinski definition) is 0. The standard InChI is InChI=1S/C12H13BrClNO2S/c1-9-4-6-15(7-5-9)18(16,17)12-3-2-10(13)8-11(12)14/h2-4,8H,5-7H2,1H3. The molecule has 0 bridgehead atoms. The van der Waals surface area contributed by atoms with Gasteiger partial charge in [-0.15, -0.1) is 0 Å². The van der Waals surface area contributed by atoms with Crippen molar-refractivity contribution in [2.45, 2.75) is 18.2 Å². The van der Waals surface area contributed by atoms with Crippen molar-refractivity contribution in [2.24, 2.45) is 0 Å². The highest BCUT2D eigenvalue weighted by Gasteiger charge is 2.27. The maximum absolute atomic E-state index is 12.4. The number of nitrogens with zero attached hydrogens (tertiary/aromatic N) is 1. The third kappa shape index (κ3) is 2.79. The van der Waals surface area contributed by atoms with Crippen molar-refractivity contribution in [1.29, 1.82) is 0 Å². The molecule has 0 aromatic heterocycles. The van der Waals surface area contributed by atoms with Crippen LogP contribution in [-0.2, 0) is 10.0 Å². The van der Waals surface area contributed by atoms with Crippen LogP contribution in [0.3, 0.4) is 0 Å². The van der Waals surface area contributed by atoms with Crippen LogP contribution in [-0.4, -0.2) is 25.8 Å². The lowest BCUT2D eigenvalue weighted by atomic mass is 10.1. The highest BCUT2D eigenvalue weighted by atomic mass is 79.9. The highest BCUT2D eigenvalue weighted by Crippen LogP contribution is 2.28. The maximum Gasteiger partial charge on any atom is 0.244 e. The summed E-state index contributed by atoms with van der Waals surface area (Å²) < 4.78 is 27.1. The maximum atomic E-state index is 12.4. The quantitative estimate of drug-likeness (QED) is 0.766. The molecule has 0 amide bonds. The van der Waals surface area contributed by atoms with E-state index < -0.39 is 10.0 Å². The molecule has 98 valence electrons. The predicted octanol–water partition coefficient (Wildman–Crippen LogP) is 3.44. The Morgan fingerprint density at radius 3 is 2.67 bits per heavy atom. The summed E-state index contributed by atoms with van der Waals surface area (Å²) in [6, 6.07) is 4.82. The van der Waals surface area contributed by atoms with Gasteiger partial charge in [-0.3, -0.25) is 0 Å². The zero-order valence-corrected chi connectivity index (χ0v) is 13.0. The SMILES string of the molecule is CC1=CCN(S(=O)(=O)c2ccc(Br)cc2Cl)CC1. The molecule has 6 heteroatoms. The molecule has 1 heterocycles. The Kier molecular flexibility index (Phi) is 4.16. The molecule has 1 aromatic carbocycles. The minimum Gasteiger partial charge on any atom is -0.207 e. The average Bonchev–Trinajstić information content (AvgIpc) is 2.29. The van der Waals surface area contributed by atoms with Crippen LogP contribution >= 0.6 is 27.5 Å². The van der Waals surface area contributed by atoms with Crippen molar-refractivity contribution in [3.05, 3.63) is 39.3 Å². The molecule has 0 aliphatic carbocycles. The molecule has 1 aliphatic heterocycles. The lowest BCUT2D eigenvalue weighted by Gasteiger charge is -2.25. The third-order valence-electron chi connectivity index (χ3n) is 2.91. The summed E-state index contributed by atoms with van der Waals surface area (Å²) in [5.41, 5.74) is 1.23. The first-order valence-electron chi connectivity index (χ1n) is 5.52. The van der Waals surface area contributed by atoms with Crippen LogP contribution in [0.5, 0.6) is 0 Å². The van der Waals surface area contributed by atoms with E-state index in [0.717, 1.165) is 10.9 Å². The first-order chi connectivity index (χ1) is 8.41. The molecule has 0 unspecified atom stereocenters. The molecular formula is C12H13BrClNO2S. The molecule has 0 spiro atoms. The Morgan fingerprint density at radius 1 is 1.39 bits per heavy atom. The second kappa shape index (κ2) is 5.33. The second-order valence-electron chi connectivity index (χ2n) is 4.24. The van der Waals surface area contributed by atoms with Crippen LogP contribution in [0.2, 0.25) is 5.02 Å². The van der Waals surface area contributed by atoms with Gasteiger partial charge in [0, 0.05) is 17.6 Å². The number of rotatable bonds is 2. The first-order valence-corrected chi connectivity index (χ1v) is 8.13. The highest BCUT2D eigenvalue weighted by molar-refractivity contribution is 9.10. The van der Waals surface area contributed by atoms with Gasteiger partial charge < -0.3 is 0 Å². The molecule has 18 heavy (non-hydrogen) atoms. The molecule has 1 aliphatic rings. The van der Waals surface area contributed by atoms with Gasteiger partial charge in [-0.05, 0) is 31.5 Å². The van der Waals surface area contributed by atoms with Crippen LogP contribution in [0.4, 0.5) is 0 Å². The van der Waals surface area contributed by atoms with Crippen LogP contribution in [0.25, 0.3) is 0 Å². The summed E-state index contributed by atoms with van der Waals surface area (Å²) in [5, 5.41) is 0.246. The zero-order chi connectivity index (χ0) is 13.3. The van der Waals surface area contributed by atoms with Gasteiger partial charge in [-0.25, -0.2) is 8.42 Å². The Bertz CT molecular complexity index is 598. The van der Waals surface area contributed by atoms with Gasteiger partial charge in [0.2, 0.25) is 10.0 Å². The van der Waals surface area contributed by atoms with Gasteiger partial charge in [0.05, 0.1) is 5.02 Å². The van der Waals surface area contributed by atoms with E-state index in [-0.39, 0.29) is 9.92 Å². The smallest absolute Gasteiger partial charge is 0.207 e. The fourth-order valence-corrected chi connectivity index (χ4v) is 4.19. The van der Waals surface area contributed by atoms with E-state index in [4.69, 9.17) is 11.6 Å². The van der Waals surface area contributed by atoms with Crippen LogP contribution in [0.1, 0.15) is 13.3 Å². The molecule has 0 saturated carbocycles. The molecule has 0 fully saturated rings. The zero-order valence-electron chi connectivity index (χ0n) is 9.86. The van der Waals surface area contributed by atoms with E-state index in [1.54, 1.807) is 12.1 Å². The van der Waals surface area contributed by atoms with Crippen molar-refractivity contribution in [1.82, 2.24) is 4.31 Å². The topological polar surface area (TPSA) is 37.4 Å². The first kappa shape index (κ1) is 14.1. The van der Waals surface area contributed by atoms with Gasteiger partial charge >= 0.3 is 0 Å². The van der Waals surface area contributed by atoms with Crippen molar-refractivity contribution in [3.8, 4) is 0 Å². The molecule has 1 aromatic rings. The lowest BCUT2D eigenvalue weighted by Crippen LogP contribution is -2.34. The number of hydrogen-bond acceptors (Lipinski definition) is 2. The fourth-order valence-electron chi connectivity index (χ4n) is 1.79. The molecule has 0 radical (unpaired) electrons. The predicted molar refractivity (Wildman–Crippen MR) is 76.3 cm³/mol. The largest absolute Gasteiger partial charge is 0.244 e. The van der Waals surface area contributed by atoms with E-state index in [2.05, 4.69) is 15.9 Å². The second-order valence-corrected chi connectivity index (χ2v) is 7.47. The van der Waals surface area contributed by atoms with Gasteiger partial charge in [0.25, 0.3) is 0 Å². The molecule has 0 atom stereocenters. The molecule has 0 saturated heterocycles. The van der Waals surface area contributed by atoms with E-state index in [1.165, 1.54) is 15.9 Å². The Labute approximate surface area is 121 Å². The summed E-state index contributed by atoms with van der Waals surface area (Å²) in [7, 11) is -3.50. The monoisotopic (exact) mass is 349 g/mol. The van der Waals surface area contributed by atoms with E-state index in [0.29, 0.717) is 13.1 Å². The van der Waals surface area contributed by atoms with Gasteiger partial charge in [0.1, 0.15) is 4.90 Å². The Hall–Kier alpha value is -0.360. The molecule has 2 rings (SSSR count). The lowest BCUT2D eigenvalue weighted by molar-refractivity contribution is 0.431. The van der Waals surface area contributed by atoms with Crippen LogP contribution in [0, 0.1) is 0 Å². The minimum atomic E-state index is -3.50. The van der Waals surface area contributed by atoms with Gasteiger partial charge in [-0.1, -0.05) is 39.2 Å². The number of sulfonamides is 1. The normalized spacial score (nSPS) is 17.6.